The van der Waals surface area contributed by atoms with Crippen molar-refractivity contribution in [2.75, 3.05) is 52.4 Å². The number of hydrogen-bond donors (Lipinski definition) is 0. The van der Waals surface area contributed by atoms with Gasteiger partial charge in [0.1, 0.15) is 5.75 Å². The fraction of sp³-hybridized carbons (Fsp3) is 0.600. The predicted molar refractivity (Wildman–Crippen MR) is 102 cm³/mol. The van der Waals surface area contributed by atoms with Gasteiger partial charge in [-0.3, -0.25) is 14.5 Å². The van der Waals surface area contributed by atoms with Crippen LogP contribution in [0.2, 0.25) is 0 Å². The van der Waals surface area contributed by atoms with Crippen LogP contribution in [-0.2, 0) is 4.79 Å². The molecular formula is C20H31N3O3. The molecule has 1 aliphatic rings. The average Bonchev–Trinajstić information content (AvgIpc) is 2.89. The predicted octanol–water partition coefficient (Wildman–Crippen LogP) is 2.10. The van der Waals surface area contributed by atoms with Crippen LogP contribution in [0.5, 0.6) is 5.75 Å². The van der Waals surface area contributed by atoms with E-state index in [2.05, 4.69) is 4.90 Å². The Bertz CT molecular complexity index is 584. The Balaban J connectivity index is 1.91. The van der Waals surface area contributed by atoms with E-state index in [0.717, 1.165) is 44.9 Å². The van der Waals surface area contributed by atoms with Gasteiger partial charge in [0, 0.05) is 44.8 Å². The van der Waals surface area contributed by atoms with Crippen molar-refractivity contribution in [2.45, 2.75) is 27.2 Å². The summed E-state index contributed by atoms with van der Waals surface area (Å²) in [6.07, 6.45) is 0.883. The number of carbonyl (C=O) groups excluding carboxylic acids is 2. The highest BCUT2D eigenvalue weighted by Gasteiger charge is 2.22. The van der Waals surface area contributed by atoms with Crippen LogP contribution in [0.4, 0.5) is 0 Å². The van der Waals surface area contributed by atoms with Crippen molar-refractivity contribution in [1.82, 2.24) is 14.7 Å². The maximum Gasteiger partial charge on any atom is 0.253 e. The number of rotatable bonds is 7. The molecule has 1 heterocycles. The Labute approximate surface area is 156 Å². The second-order valence-corrected chi connectivity index (χ2v) is 6.45. The zero-order chi connectivity index (χ0) is 18.9. The van der Waals surface area contributed by atoms with Crippen LogP contribution < -0.4 is 4.74 Å². The van der Waals surface area contributed by atoms with Crippen molar-refractivity contribution in [3.05, 3.63) is 29.8 Å². The zero-order valence-electron chi connectivity index (χ0n) is 16.2. The van der Waals surface area contributed by atoms with Gasteiger partial charge in [0.15, 0.2) is 0 Å². The summed E-state index contributed by atoms with van der Waals surface area (Å²) in [7, 11) is 0. The zero-order valence-corrected chi connectivity index (χ0v) is 16.2. The van der Waals surface area contributed by atoms with E-state index in [0.29, 0.717) is 25.3 Å². The maximum atomic E-state index is 12.7. The molecule has 0 aromatic heterocycles. The number of amides is 2. The number of carbonyl (C=O) groups is 2. The molecule has 0 N–H and O–H groups in total. The molecule has 0 spiro atoms. The summed E-state index contributed by atoms with van der Waals surface area (Å²) in [5.74, 6) is 0.993. The first-order valence-electron chi connectivity index (χ1n) is 9.61. The average molecular weight is 361 g/mol. The van der Waals surface area contributed by atoms with E-state index in [1.54, 1.807) is 0 Å². The molecule has 1 fully saturated rings. The van der Waals surface area contributed by atoms with Crippen LogP contribution in [-0.4, -0.2) is 78.9 Å². The number of likely N-dealkylation sites (N-methyl/N-ethyl adjacent to an activating group) is 1. The Kier molecular flexibility index (Phi) is 7.91. The lowest BCUT2D eigenvalue weighted by Crippen LogP contribution is -2.42. The van der Waals surface area contributed by atoms with Crippen molar-refractivity contribution >= 4 is 11.8 Å². The number of hydrogen-bond acceptors (Lipinski definition) is 4. The van der Waals surface area contributed by atoms with Crippen LogP contribution >= 0.6 is 0 Å². The number of ether oxygens (including phenoxy) is 1. The van der Waals surface area contributed by atoms with Gasteiger partial charge in [0.2, 0.25) is 5.91 Å². The van der Waals surface area contributed by atoms with Crippen LogP contribution in [0.1, 0.15) is 37.6 Å². The van der Waals surface area contributed by atoms with Crippen molar-refractivity contribution < 1.29 is 14.3 Å². The summed E-state index contributed by atoms with van der Waals surface area (Å²) < 4.78 is 5.43. The second-order valence-electron chi connectivity index (χ2n) is 6.45. The molecule has 2 rings (SSSR count). The van der Waals surface area contributed by atoms with E-state index in [4.69, 9.17) is 4.74 Å². The fourth-order valence-corrected chi connectivity index (χ4v) is 3.24. The Hall–Kier alpha value is -2.08. The van der Waals surface area contributed by atoms with Crippen molar-refractivity contribution in [3.63, 3.8) is 0 Å². The lowest BCUT2D eigenvalue weighted by atomic mass is 10.2. The van der Waals surface area contributed by atoms with Gasteiger partial charge >= 0.3 is 0 Å². The lowest BCUT2D eigenvalue weighted by molar-refractivity contribution is -0.132. The van der Waals surface area contributed by atoms with E-state index in [1.165, 1.54) is 0 Å². The first-order valence-corrected chi connectivity index (χ1v) is 9.61. The molecule has 1 aromatic carbocycles. The Morgan fingerprint density at radius 2 is 1.69 bits per heavy atom. The van der Waals surface area contributed by atoms with Gasteiger partial charge in [-0.2, -0.15) is 0 Å². The van der Waals surface area contributed by atoms with Gasteiger partial charge < -0.3 is 14.5 Å². The normalized spacial score (nSPS) is 15.4. The van der Waals surface area contributed by atoms with E-state index in [1.807, 2.05) is 54.8 Å². The van der Waals surface area contributed by atoms with E-state index in [9.17, 15) is 9.59 Å². The van der Waals surface area contributed by atoms with Crippen LogP contribution in [0.25, 0.3) is 0 Å². The topological polar surface area (TPSA) is 53.1 Å². The molecule has 1 saturated heterocycles. The van der Waals surface area contributed by atoms with Crippen LogP contribution in [0, 0.1) is 0 Å². The minimum absolute atomic E-state index is 0.0463. The maximum absolute atomic E-state index is 12.7. The molecule has 0 bridgehead atoms. The number of nitrogens with zero attached hydrogens (tertiary/aromatic N) is 3. The summed E-state index contributed by atoms with van der Waals surface area (Å²) in [5, 5.41) is 0. The fourth-order valence-electron chi connectivity index (χ4n) is 3.24. The minimum atomic E-state index is 0.0463. The molecule has 0 aliphatic carbocycles. The molecule has 1 aromatic rings. The quantitative estimate of drug-likeness (QED) is 0.746. The van der Waals surface area contributed by atoms with Crippen molar-refractivity contribution in [3.8, 4) is 5.75 Å². The standard InChI is InChI=1S/C20H31N3O3/c1-4-22(5-2)19(24)16-21-12-7-13-23(15-14-21)20(25)17-8-10-18(11-9-17)26-6-3/h8-11H,4-7,12-16H2,1-3H3. The van der Waals surface area contributed by atoms with E-state index in [-0.39, 0.29) is 11.8 Å². The van der Waals surface area contributed by atoms with Gasteiger partial charge in [-0.05, 0) is 51.5 Å². The first kappa shape index (κ1) is 20.2. The van der Waals surface area contributed by atoms with Gasteiger partial charge in [-0.25, -0.2) is 0 Å². The van der Waals surface area contributed by atoms with Gasteiger partial charge in [0.25, 0.3) is 5.91 Å². The highest BCUT2D eigenvalue weighted by Crippen LogP contribution is 2.15. The molecule has 0 radical (unpaired) electrons. The van der Waals surface area contributed by atoms with Crippen molar-refractivity contribution in [1.29, 1.82) is 0 Å². The molecule has 1 aliphatic heterocycles. The monoisotopic (exact) mass is 361 g/mol. The first-order chi connectivity index (χ1) is 12.6. The van der Waals surface area contributed by atoms with Crippen LogP contribution in [0.15, 0.2) is 24.3 Å². The third-order valence-electron chi connectivity index (χ3n) is 4.76. The van der Waals surface area contributed by atoms with Gasteiger partial charge in [0.05, 0.1) is 13.2 Å². The largest absolute Gasteiger partial charge is 0.494 e. The van der Waals surface area contributed by atoms with E-state index < -0.39 is 0 Å². The van der Waals surface area contributed by atoms with E-state index >= 15 is 0 Å². The highest BCUT2D eigenvalue weighted by atomic mass is 16.5. The summed E-state index contributed by atoms with van der Waals surface area (Å²) in [6, 6.07) is 7.31. The second kappa shape index (κ2) is 10.2. The third kappa shape index (κ3) is 5.46. The molecule has 0 saturated carbocycles. The highest BCUT2D eigenvalue weighted by molar-refractivity contribution is 5.94. The van der Waals surface area contributed by atoms with Gasteiger partial charge in [-0.15, -0.1) is 0 Å². The Morgan fingerprint density at radius 1 is 1.00 bits per heavy atom. The summed E-state index contributed by atoms with van der Waals surface area (Å²) >= 11 is 0. The molecule has 6 nitrogen and oxygen atoms in total. The van der Waals surface area contributed by atoms with Crippen LogP contribution in [0.3, 0.4) is 0 Å². The molecule has 6 heteroatoms. The number of benzene rings is 1. The molecular weight excluding hydrogens is 330 g/mol. The summed E-state index contributed by atoms with van der Waals surface area (Å²) in [5.41, 5.74) is 0.682. The van der Waals surface area contributed by atoms with Crippen molar-refractivity contribution in [2.24, 2.45) is 0 Å². The lowest BCUT2D eigenvalue weighted by Gasteiger charge is -2.25. The SMILES string of the molecule is CCOc1ccc(C(=O)N2CCCN(CC(=O)N(CC)CC)CC2)cc1. The molecule has 0 unspecified atom stereocenters. The Morgan fingerprint density at radius 3 is 2.31 bits per heavy atom. The third-order valence-corrected chi connectivity index (χ3v) is 4.76. The summed E-state index contributed by atoms with van der Waals surface area (Å²) in [6.45, 7) is 11.4. The van der Waals surface area contributed by atoms with Gasteiger partial charge in [-0.1, -0.05) is 0 Å². The molecule has 144 valence electrons. The smallest absolute Gasteiger partial charge is 0.253 e. The molecule has 26 heavy (non-hydrogen) atoms. The molecule has 2 amide bonds. The molecule has 0 atom stereocenters. The summed E-state index contributed by atoms with van der Waals surface area (Å²) in [4.78, 5) is 30.9. The minimum Gasteiger partial charge on any atom is -0.494 e.